The Balaban J connectivity index is 2.14. The molecule has 108 valence electrons. The molecule has 0 bridgehead atoms. The molecule has 0 radical (unpaired) electrons. The van der Waals surface area contributed by atoms with Gasteiger partial charge in [-0.1, -0.05) is 23.4 Å². The van der Waals surface area contributed by atoms with Crippen LogP contribution in [-0.2, 0) is 6.54 Å². The van der Waals surface area contributed by atoms with Crippen LogP contribution in [0.25, 0.3) is 5.78 Å². The molecule has 0 aliphatic carbocycles. The molecule has 0 N–H and O–H groups in total. The molecule has 3 rings (SSSR count). The van der Waals surface area contributed by atoms with Crippen LogP contribution >= 0.6 is 23.4 Å². The fraction of sp³-hybridized carbons (Fsp3) is 0.250. The lowest BCUT2D eigenvalue weighted by Crippen LogP contribution is -2.21. The number of hydrogen-bond donors (Lipinski definition) is 0. The van der Waals surface area contributed by atoms with E-state index in [9.17, 15) is 4.79 Å². The predicted octanol–water partition coefficient (Wildman–Crippen LogP) is 1.41. The molecule has 3 aromatic rings. The van der Waals surface area contributed by atoms with Crippen molar-refractivity contribution in [2.45, 2.75) is 18.6 Å². The summed E-state index contributed by atoms with van der Waals surface area (Å²) < 4.78 is 3.16. The zero-order valence-electron chi connectivity index (χ0n) is 11.3. The molecule has 21 heavy (non-hydrogen) atoms. The molecular formula is C12H11ClN6OS. The Kier molecular flexibility index (Phi) is 3.64. The van der Waals surface area contributed by atoms with E-state index in [0.29, 0.717) is 22.6 Å². The normalized spacial score (nSPS) is 11.2. The highest BCUT2D eigenvalue weighted by Gasteiger charge is 2.12. The van der Waals surface area contributed by atoms with E-state index in [1.165, 1.54) is 22.3 Å². The molecule has 0 fully saturated rings. The van der Waals surface area contributed by atoms with Crippen molar-refractivity contribution in [3.63, 3.8) is 0 Å². The molecule has 0 saturated carbocycles. The Morgan fingerprint density at radius 2 is 2.14 bits per heavy atom. The molecule has 9 heteroatoms. The third kappa shape index (κ3) is 2.64. The summed E-state index contributed by atoms with van der Waals surface area (Å²) in [5.41, 5.74) is 1.31. The lowest BCUT2D eigenvalue weighted by atomic mass is 10.3. The zero-order chi connectivity index (χ0) is 15.0. The molecule has 7 nitrogen and oxygen atoms in total. The zero-order valence-corrected chi connectivity index (χ0v) is 12.9. The summed E-state index contributed by atoms with van der Waals surface area (Å²) in [6, 6.07) is 4.99. The average Bonchev–Trinajstić information content (AvgIpc) is 2.90. The number of aryl methyl sites for hydroxylation is 1. The maximum atomic E-state index is 12.0. The molecular weight excluding hydrogens is 312 g/mol. The maximum absolute atomic E-state index is 12.0. The number of thioether (sulfide) groups is 1. The molecule has 0 saturated heterocycles. The van der Waals surface area contributed by atoms with Crippen LogP contribution in [0.1, 0.15) is 11.4 Å². The van der Waals surface area contributed by atoms with E-state index in [0.717, 1.165) is 11.4 Å². The van der Waals surface area contributed by atoms with Crippen molar-refractivity contribution in [2.75, 3.05) is 6.26 Å². The molecule has 0 atom stereocenters. The summed E-state index contributed by atoms with van der Waals surface area (Å²) in [6.45, 7) is 2.28. The van der Waals surface area contributed by atoms with Gasteiger partial charge in [-0.25, -0.2) is 0 Å². The largest absolute Gasteiger partial charge is 0.308 e. The van der Waals surface area contributed by atoms with E-state index < -0.39 is 0 Å². The van der Waals surface area contributed by atoms with Crippen LogP contribution < -0.4 is 5.56 Å². The van der Waals surface area contributed by atoms with Gasteiger partial charge < -0.3 is 4.57 Å². The van der Waals surface area contributed by atoms with E-state index in [1.807, 2.05) is 17.7 Å². The molecule has 0 spiro atoms. The number of fused-ring (bicyclic) bond motifs is 1. The number of nitrogens with zero attached hydrogens (tertiary/aromatic N) is 6. The van der Waals surface area contributed by atoms with E-state index in [1.54, 1.807) is 12.1 Å². The number of halogens is 1. The van der Waals surface area contributed by atoms with Crippen molar-refractivity contribution in [1.29, 1.82) is 0 Å². The highest BCUT2D eigenvalue weighted by atomic mass is 35.5. The van der Waals surface area contributed by atoms with Crippen molar-refractivity contribution >= 4 is 29.1 Å². The Morgan fingerprint density at radius 3 is 2.81 bits per heavy atom. The highest BCUT2D eigenvalue weighted by molar-refractivity contribution is 7.98. The third-order valence-corrected chi connectivity index (χ3v) is 3.71. The van der Waals surface area contributed by atoms with Gasteiger partial charge in [0.15, 0.2) is 5.15 Å². The molecule has 3 aromatic heterocycles. The average molecular weight is 323 g/mol. The van der Waals surface area contributed by atoms with Gasteiger partial charge in [0.1, 0.15) is 0 Å². The van der Waals surface area contributed by atoms with Gasteiger partial charge in [0.2, 0.25) is 10.9 Å². The summed E-state index contributed by atoms with van der Waals surface area (Å²) >= 11 is 7.12. The van der Waals surface area contributed by atoms with Crippen molar-refractivity contribution in [2.24, 2.45) is 0 Å². The van der Waals surface area contributed by atoms with E-state index >= 15 is 0 Å². The molecule has 0 aliphatic rings. The fourth-order valence-corrected chi connectivity index (χ4v) is 2.39. The first-order chi connectivity index (χ1) is 10.1. The Bertz CT molecular complexity index is 857. The minimum Gasteiger partial charge on any atom is -0.308 e. The maximum Gasteiger partial charge on any atom is 0.275 e. The van der Waals surface area contributed by atoms with Gasteiger partial charge in [-0.2, -0.15) is 14.6 Å². The third-order valence-electron chi connectivity index (χ3n) is 2.97. The Labute approximate surface area is 129 Å². The van der Waals surface area contributed by atoms with Gasteiger partial charge in [0.25, 0.3) is 5.56 Å². The minimum absolute atomic E-state index is 0.200. The quantitative estimate of drug-likeness (QED) is 0.679. The van der Waals surface area contributed by atoms with Crippen LogP contribution in [0.3, 0.4) is 0 Å². The first kappa shape index (κ1) is 14.0. The van der Waals surface area contributed by atoms with Crippen molar-refractivity contribution in [1.82, 2.24) is 29.4 Å². The summed E-state index contributed by atoms with van der Waals surface area (Å²) in [5, 5.41) is 12.9. The molecule has 0 unspecified atom stereocenters. The Morgan fingerprint density at radius 1 is 1.33 bits per heavy atom. The lowest BCUT2D eigenvalue weighted by Gasteiger charge is -2.10. The predicted molar refractivity (Wildman–Crippen MR) is 79.9 cm³/mol. The second-order valence-electron chi connectivity index (χ2n) is 4.37. The molecule has 0 amide bonds. The molecule has 0 aliphatic heterocycles. The lowest BCUT2D eigenvalue weighted by molar-refractivity contribution is 0.705. The monoisotopic (exact) mass is 322 g/mol. The molecule has 0 aromatic carbocycles. The number of rotatable bonds is 3. The summed E-state index contributed by atoms with van der Waals surface area (Å²) in [5.74, 6) is 0.487. The summed E-state index contributed by atoms with van der Waals surface area (Å²) in [7, 11) is 0. The Hall–Kier alpha value is -1.93. The minimum atomic E-state index is -0.200. The van der Waals surface area contributed by atoms with Gasteiger partial charge in [-0.15, -0.1) is 10.2 Å². The topological polar surface area (TPSA) is 78.0 Å². The van der Waals surface area contributed by atoms with Gasteiger partial charge >= 0.3 is 0 Å². The van der Waals surface area contributed by atoms with E-state index in [2.05, 4.69) is 20.3 Å². The first-order valence-corrected chi connectivity index (χ1v) is 7.68. The SMILES string of the molecule is CSc1nc2n(Cc3ccc(Cl)nn3)c(C)cc(=O)n2n1. The van der Waals surface area contributed by atoms with Crippen LogP contribution in [0, 0.1) is 6.92 Å². The summed E-state index contributed by atoms with van der Waals surface area (Å²) in [4.78, 5) is 16.3. The van der Waals surface area contributed by atoms with Gasteiger partial charge in [0, 0.05) is 11.8 Å². The van der Waals surface area contributed by atoms with Crippen LogP contribution in [0.5, 0.6) is 0 Å². The van der Waals surface area contributed by atoms with Gasteiger partial charge in [0.05, 0.1) is 12.2 Å². The van der Waals surface area contributed by atoms with E-state index in [4.69, 9.17) is 11.6 Å². The van der Waals surface area contributed by atoms with Crippen molar-refractivity contribution < 1.29 is 0 Å². The van der Waals surface area contributed by atoms with Gasteiger partial charge in [-0.3, -0.25) is 4.79 Å². The number of aromatic nitrogens is 6. The second-order valence-corrected chi connectivity index (χ2v) is 5.53. The first-order valence-electron chi connectivity index (χ1n) is 6.08. The standard InChI is InChI=1S/C12H11ClN6OS/c1-7-5-10(20)19-12(14-11(17-19)21-2)18(7)6-8-3-4-9(13)16-15-8/h3-5H,6H2,1-2H3. The summed E-state index contributed by atoms with van der Waals surface area (Å²) in [6.07, 6.45) is 1.86. The highest BCUT2D eigenvalue weighted by Crippen LogP contribution is 2.12. The second kappa shape index (κ2) is 5.45. The van der Waals surface area contributed by atoms with Crippen molar-refractivity contribution in [3.8, 4) is 0 Å². The van der Waals surface area contributed by atoms with Crippen LogP contribution in [0.4, 0.5) is 0 Å². The number of hydrogen-bond acceptors (Lipinski definition) is 6. The smallest absolute Gasteiger partial charge is 0.275 e. The molecule has 3 heterocycles. The van der Waals surface area contributed by atoms with Crippen LogP contribution in [-0.4, -0.2) is 35.6 Å². The van der Waals surface area contributed by atoms with Crippen LogP contribution in [0.15, 0.2) is 28.2 Å². The van der Waals surface area contributed by atoms with Gasteiger partial charge in [-0.05, 0) is 25.3 Å². The fourth-order valence-electron chi connectivity index (χ4n) is 1.96. The van der Waals surface area contributed by atoms with Crippen molar-refractivity contribution in [3.05, 3.63) is 45.1 Å². The van der Waals surface area contributed by atoms with E-state index in [-0.39, 0.29) is 5.56 Å². The van der Waals surface area contributed by atoms with Crippen LogP contribution in [0.2, 0.25) is 5.15 Å².